The van der Waals surface area contributed by atoms with E-state index in [1.807, 2.05) is 32.0 Å². The standard InChI is InChI=1S/C14H19NO/c1-10-6-5-9-13(11(10)2)14(16)15-12-7-3-4-8-12/h5-6,9,12H,3-4,7-8H2,1-2H3,(H,15,16). The SMILES string of the molecule is Cc1cccc(C(=O)NC2CCCC2)c1C. The molecular formula is C14H19NO. The van der Waals surface area contributed by atoms with E-state index in [9.17, 15) is 4.79 Å². The van der Waals surface area contributed by atoms with E-state index in [4.69, 9.17) is 0 Å². The fourth-order valence-corrected chi connectivity index (χ4v) is 2.33. The molecule has 0 radical (unpaired) electrons. The van der Waals surface area contributed by atoms with Gasteiger partial charge in [0.15, 0.2) is 0 Å². The van der Waals surface area contributed by atoms with E-state index in [2.05, 4.69) is 5.32 Å². The van der Waals surface area contributed by atoms with Crippen LogP contribution >= 0.6 is 0 Å². The molecule has 1 aliphatic rings. The van der Waals surface area contributed by atoms with Crippen molar-refractivity contribution in [1.29, 1.82) is 0 Å². The largest absolute Gasteiger partial charge is 0.349 e. The summed E-state index contributed by atoms with van der Waals surface area (Å²) in [5.74, 6) is 0.0908. The van der Waals surface area contributed by atoms with E-state index in [0.29, 0.717) is 6.04 Å². The number of rotatable bonds is 2. The molecule has 0 unspecified atom stereocenters. The van der Waals surface area contributed by atoms with Crippen LogP contribution in [-0.4, -0.2) is 11.9 Å². The van der Waals surface area contributed by atoms with Crippen LogP contribution in [0.2, 0.25) is 0 Å². The molecule has 1 fully saturated rings. The quantitative estimate of drug-likeness (QED) is 0.810. The third-order valence-electron chi connectivity index (χ3n) is 3.54. The molecule has 1 aromatic rings. The third kappa shape index (κ3) is 2.26. The molecule has 86 valence electrons. The first-order valence-corrected chi connectivity index (χ1v) is 6.05. The van der Waals surface area contributed by atoms with Crippen LogP contribution in [0.25, 0.3) is 0 Å². The highest BCUT2D eigenvalue weighted by molar-refractivity contribution is 5.96. The molecule has 1 aliphatic carbocycles. The molecule has 0 aromatic heterocycles. The van der Waals surface area contributed by atoms with E-state index >= 15 is 0 Å². The molecule has 0 aliphatic heterocycles. The summed E-state index contributed by atoms with van der Waals surface area (Å²) < 4.78 is 0. The average Bonchev–Trinajstić information content (AvgIpc) is 2.74. The lowest BCUT2D eigenvalue weighted by Gasteiger charge is -2.14. The molecule has 0 heterocycles. The van der Waals surface area contributed by atoms with Crippen LogP contribution in [0, 0.1) is 13.8 Å². The highest BCUT2D eigenvalue weighted by atomic mass is 16.1. The van der Waals surface area contributed by atoms with Crippen LogP contribution < -0.4 is 5.32 Å². The summed E-state index contributed by atoms with van der Waals surface area (Å²) in [6, 6.07) is 6.30. The van der Waals surface area contributed by atoms with Gasteiger partial charge in [-0.3, -0.25) is 4.79 Å². The molecule has 1 saturated carbocycles. The first-order valence-electron chi connectivity index (χ1n) is 6.05. The molecule has 16 heavy (non-hydrogen) atoms. The maximum absolute atomic E-state index is 12.1. The Hall–Kier alpha value is -1.31. The van der Waals surface area contributed by atoms with Crippen LogP contribution in [-0.2, 0) is 0 Å². The molecule has 1 aromatic carbocycles. The molecule has 2 heteroatoms. The summed E-state index contributed by atoms with van der Waals surface area (Å²) >= 11 is 0. The van der Waals surface area contributed by atoms with Crippen molar-refractivity contribution in [2.45, 2.75) is 45.6 Å². The van der Waals surface area contributed by atoms with Gasteiger partial charge < -0.3 is 5.32 Å². The number of aryl methyl sites for hydroxylation is 1. The Morgan fingerprint density at radius 2 is 1.94 bits per heavy atom. The summed E-state index contributed by atoms with van der Waals surface area (Å²) in [6.45, 7) is 4.06. The summed E-state index contributed by atoms with van der Waals surface area (Å²) in [5, 5.41) is 3.12. The van der Waals surface area contributed by atoms with Gasteiger partial charge in [0, 0.05) is 11.6 Å². The number of hydrogen-bond acceptors (Lipinski definition) is 1. The van der Waals surface area contributed by atoms with Crippen molar-refractivity contribution >= 4 is 5.91 Å². The van der Waals surface area contributed by atoms with Gasteiger partial charge in [0.1, 0.15) is 0 Å². The first-order chi connectivity index (χ1) is 7.68. The van der Waals surface area contributed by atoms with Gasteiger partial charge in [-0.25, -0.2) is 0 Å². The van der Waals surface area contributed by atoms with Gasteiger partial charge in [0.2, 0.25) is 0 Å². The predicted molar refractivity (Wildman–Crippen MR) is 65.6 cm³/mol. The first kappa shape index (κ1) is 11.2. The minimum absolute atomic E-state index is 0.0908. The molecule has 2 rings (SSSR count). The van der Waals surface area contributed by atoms with Crippen LogP contribution in [0.1, 0.15) is 47.2 Å². The predicted octanol–water partition coefficient (Wildman–Crippen LogP) is 2.98. The van der Waals surface area contributed by atoms with Crippen molar-refractivity contribution in [1.82, 2.24) is 5.32 Å². The molecule has 0 saturated heterocycles. The second kappa shape index (κ2) is 4.69. The lowest BCUT2D eigenvalue weighted by Crippen LogP contribution is -2.33. The summed E-state index contributed by atoms with van der Waals surface area (Å²) in [7, 11) is 0. The van der Waals surface area contributed by atoms with Gasteiger partial charge in [-0.15, -0.1) is 0 Å². The second-order valence-corrected chi connectivity index (χ2v) is 4.70. The monoisotopic (exact) mass is 217 g/mol. The Morgan fingerprint density at radius 3 is 2.62 bits per heavy atom. The smallest absolute Gasteiger partial charge is 0.251 e. The van der Waals surface area contributed by atoms with Gasteiger partial charge in [-0.05, 0) is 43.9 Å². The highest BCUT2D eigenvalue weighted by Gasteiger charge is 2.18. The minimum Gasteiger partial charge on any atom is -0.349 e. The zero-order valence-corrected chi connectivity index (χ0v) is 10.0. The Labute approximate surface area is 97.1 Å². The molecule has 1 amide bonds. The van der Waals surface area contributed by atoms with Crippen LogP contribution in [0.15, 0.2) is 18.2 Å². The molecule has 0 spiro atoms. The van der Waals surface area contributed by atoms with Crippen molar-refractivity contribution in [2.24, 2.45) is 0 Å². The lowest BCUT2D eigenvalue weighted by atomic mass is 10.0. The maximum Gasteiger partial charge on any atom is 0.251 e. The summed E-state index contributed by atoms with van der Waals surface area (Å²) in [5.41, 5.74) is 3.10. The van der Waals surface area contributed by atoms with Crippen molar-refractivity contribution in [3.05, 3.63) is 34.9 Å². The zero-order valence-electron chi connectivity index (χ0n) is 10.0. The summed E-state index contributed by atoms with van der Waals surface area (Å²) in [4.78, 5) is 12.1. The van der Waals surface area contributed by atoms with Crippen LogP contribution in [0.4, 0.5) is 0 Å². The third-order valence-corrected chi connectivity index (χ3v) is 3.54. The number of nitrogens with one attached hydrogen (secondary N) is 1. The van der Waals surface area contributed by atoms with Gasteiger partial charge in [0.25, 0.3) is 5.91 Å². The number of amides is 1. The van der Waals surface area contributed by atoms with Crippen molar-refractivity contribution in [3.8, 4) is 0 Å². The molecule has 2 nitrogen and oxygen atoms in total. The molecular weight excluding hydrogens is 198 g/mol. The van der Waals surface area contributed by atoms with Gasteiger partial charge >= 0.3 is 0 Å². The van der Waals surface area contributed by atoms with E-state index in [0.717, 1.165) is 24.0 Å². The van der Waals surface area contributed by atoms with Crippen molar-refractivity contribution in [3.63, 3.8) is 0 Å². The van der Waals surface area contributed by atoms with Crippen molar-refractivity contribution < 1.29 is 4.79 Å². The van der Waals surface area contributed by atoms with Crippen molar-refractivity contribution in [2.75, 3.05) is 0 Å². The Morgan fingerprint density at radius 1 is 1.25 bits per heavy atom. The lowest BCUT2D eigenvalue weighted by molar-refractivity contribution is 0.0937. The van der Waals surface area contributed by atoms with E-state index in [1.165, 1.54) is 18.4 Å². The maximum atomic E-state index is 12.1. The number of hydrogen-bond donors (Lipinski definition) is 1. The fourth-order valence-electron chi connectivity index (χ4n) is 2.33. The average molecular weight is 217 g/mol. The van der Waals surface area contributed by atoms with Crippen LogP contribution in [0.3, 0.4) is 0 Å². The Balaban J connectivity index is 2.11. The fraction of sp³-hybridized carbons (Fsp3) is 0.500. The van der Waals surface area contributed by atoms with E-state index in [-0.39, 0.29) is 5.91 Å². The Kier molecular flexibility index (Phi) is 3.28. The highest BCUT2D eigenvalue weighted by Crippen LogP contribution is 2.19. The number of carbonyl (C=O) groups excluding carboxylic acids is 1. The van der Waals surface area contributed by atoms with Gasteiger partial charge in [-0.1, -0.05) is 25.0 Å². The van der Waals surface area contributed by atoms with Crippen LogP contribution in [0.5, 0.6) is 0 Å². The van der Waals surface area contributed by atoms with Gasteiger partial charge in [-0.2, -0.15) is 0 Å². The van der Waals surface area contributed by atoms with E-state index in [1.54, 1.807) is 0 Å². The zero-order chi connectivity index (χ0) is 11.5. The minimum atomic E-state index is 0.0908. The molecule has 1 N–H and O–H groups in total. The number of benzene rings is 1. The molecule has 0 atom stereocenters. The molecule has 0 bridgehead atoms. The van der Waals surface area contributed by atoms with Gasteiger partial charge in [0.05, 0.1) is 0 Å². The normalized spacial score (nSPS) is 16.4. The Bertz CT molecular complexity index is 392. The second-order valence-electron chi connectivity index (χ2n) is 4.70. The van der Waals surface area contributed by atoms with E-state index < -0.39 is 0 Å². The topological polar surface area (TPSA) is 29.1 Å². The summed E-state index contributed by atoms with van der Waals surface area (Å²) in [6.07, 6.45) is 4.77. The number of carbonyl (C=O) groups is 1.